The largest absolute Gasteiger partial charge is 0.466 e. The van der Waals surface area contributed by atoms with Gasteiger partial charge in [0.25, 0.3) is 0 Å². The molecule has 2 rings (SSSR count). The van der Waals surface area contributed by atoms with Crippen molar-refractivity contribution in [1.82, 2.24) is 15.5 Å². The topological polar surface area (TPSA) is 73.0 Å². The fourth-order valence-electron chi connectivity index (χ4n) is 3.03. The summed E-state index contributed by atoms with van der Waals surface area (Å²) in [6, 6.07) is 3.99. The lowest BCUT2D eigenvalue weighted by Crippen LogP contribution is -2.49. The molecule has 1 aromatic rings. The summed E-state index contributed by atoms with van der Waals surface area (Å²) in [5.41, 5.74) is -1.10. The molecule has 0 amide bonds. The number of rotatable bonds is 7. The SMILES string of the molecule is CCCN1CCC(NC(=NCC(C)(O)c2ccco2)NCC)CC1.I. The highest BCUT2D eigenvalue weighted by Crippen LogP contribution is 2.21. The van der Waals surface area contributed by atoms with Crippen molar-refractivity contribution in [2.24, 2.45) is 4.99 Å². The van der Waals surface area contributed by atoms with Crippen LogP contribution in [0, 0.1) is 0 Å². The highest BCUT2D eigenvalue weighted by molar-refractivity contribution is 14.0. The van der Waals surface area contributed by atoms with Crippen molar-refractivity contribution in [2.45, 2.75) is 51.7 Å². The molecule has 3 N–H and O–H groups in total. The van der Waals surface area contributed by atoms with E-state index in [0.717, 1.165) is 38.4 Å². The van der Waals surface area contributed by atoms with Gasteiger partial charge in [-0.15, -0.1) is 24.0 Å². The van der Waals surface area contributed by atoms with Crippen LogP contribution in [0.4, 0.5) is 0 Å². The van der Waals surface area contributed by atoms with Crippen LogP contribution in [0.2, 0.25) is 0 Å². The van der Waals surface area contributed by atoms with Gasteiger partial charge in [-0.3, -0.25) is 0 Å². The van der Waals surface area contributed by atoms with E-state index in [-0.39, 0.29) is 30.5 Å². The molecule has 1 saturated heterocycles. The van der Waals surface area contributed by atoms with Gasteiger partial charge in [-0.05, 0) is 51.8 Å². The number of aliphatic imine (C=N–C) groups is 1. The van der Waals surface area contributed by atoms with Gasteiger partial charge in [0.05, 0.1) is 12.8 Å². The molecule has 0 aromatic carbocycles. The Morgan fingerprint density at radius 2 is 2.12 bits per heavy atom. The third-order valence-electron chi connectivity index (χ3n) is 4.41. The van der Waals surface area contributed by atoms with Gasteiger partial charge in [0.15, 0.2) is 5.96 Å². The molecule has 144 valence electrons. The highest BCUT2D eigenvalue weighted by Gasteiger charge is 2.26. The van der Waals surface area contributed by atoms with Gasteiger partial charge in [0.2, 0.25) is 0 Å². The number of aliphatic hydroxyl groups is 1. The van der Waals surface area contributed by atoms with Crippen molar-refractivity contribution < 1.29 is 9.52 Å². The van der Waals surface area contributed by atoms with E-state index >= 15 is 0 Å². The zero-order valence-electron chi connectivity index (χ0n) is 15.6. The predicted octanol–water partition coefficient (Wildman–Crippen LogP) is 2.53. The summed E-state index contributed by atoms with van der Waals surface area (Å²) in [4.78, 5) is 7.08. The van der Waals surface area contributed by atoms with Crippen LogP contribution in [-0.2, 0) is 5.60 Å². The molecule has 0 saturated carbocycles. The first-order valence-electron chi connectivity index (χ1n) is 9.08. The van der Waals surface area contributed by atoms with Crippen molar-refractivity contribution in [3.63, 3.8) is 0 Å². The van der Waals surface area contributed by atoms with Crippen LogP contribution in [0.15, 0.2) is 27.8 Å². The molecule has 7 heteroatoms. The first-order chi connectivity index (χ1) is 11.5. The maximum atomic E-state index is 10.5. The fourth-order valence-corrected chi connectivity index (χ4v) is 3.03. The number of furan rings is 1. The molecule has 0 bridgehead atoms. The lowest BCUT2D eigenvalue weighted by Gasteiger charge is -2.33. The average molecular weight is 464 g/mol. The van der Waals surface area contributed by atoms with E-state index in [1.807, 2.05) is 6.92 Å². The number of hydrogen-bond donors (Lipinski definition) is 3. The fraction of sp³-hybridized carbons (Fsp3) is 0.722. The Kier molecular flexibility index (Phi) is 9.81. The average Bonchev–Trinajstić information content (AvgIpc) is 3.10. The van der Waals surface area contributed by atoms with E-state index in [4.69, 9.17) is 4.42 Å². The van der Waals surface area contributed by atoms with Crippen LogP contribution in [0.25, 0.3) is 0 Å². The summed E-state index contributed by atoms with van der Waals surface area (Å²) >= 11 is 0. The zero-order chi connectivity index (χ0) is 17.4. The van der Waals surface area contributed by atoms with Gasteiger partial charge >= 0.3 is 0 Å². The number of hydrogen-bond acceptors (Lipinski definition) is 4. The number of nitrogens with zero attached hydrogens (tertiary/aromatic N) is 2. The van der Waals surface area contributed by atoms with Gasteiger partial charge in [-0.25, -0.2) is 4.99 Å². The molecule has 2 heterocycles. The minimum atomic E-state index is -1.10. The second-order valence-electron chi connectivity index (χ2n) is 6.71. The molecule has 1 fully saturated rings. The minimum absolute atomic E-state index is 0. The Hall–Kier alpha value is -0.800. The third-order valence-corrected chi connectivity index (χ3v) is 4.41. The lowest BCUT2D eigenvalue weighted by molar-refractivity contribution is 0.0436. The number of piperidine rings is 1. The van der Waals surface area contributed by atoms with E-state index in [0.29, 0.717) is 11.8 Å². The summed E-state index contributed by atoms with van der Waals surface area (Å²) in [5.74, 6) is 1.30. The number of guanidine groups is 1. The number of halogens is 1. The normalized spacial score (nSPS) is 19.1. The van der Waals surface area contributed by atoms with Crippen LogP contribution in [0.3, 0.4) is 0 Å². The van der Waals surface area contributed by atoms with Crippen molar-refractivity contribution >= 4 is 29.9 Å². The molecule has 0 radical (unpaired) electrons. The molecule has 6 nitrogen and oxygen atoms in total. The third kappa shape index (κ3) is 7.15. The Morgan fingerprint density at radius 3 is 2.68 bits per heavy atom. The first-order valence-corrected chi connectivity index (χ1v) is 9.08. The molecular weight excluding hydrogens is 431 g/mol. The molecular formula is C18H33IN4O2. The summed E-state index contributed by atoms with van der Waals surface area (Å²) < 4.78 is 5.31. The molecule has 0 spiro atoms. The smallest absolute Gasteiger partial charge is 0.191 e. The summed E-state index contributed by atoms with van der Waals surface area (Å²) in [5, 5.41) is 17.3. The molecule has 1 aliphatic heterocycles. The summed E-state index contributed by atoms with van der Waals surface area (Å²) in [6.45, 7) is 10.5. The molecule has 1 aliphatic rings. The maximum Gasteiger partial charge on any atom is 0.191 e. The van der Waals surface area contributed by atoms with Gasteiger partial charge in [0, 0.05) is 25.7 Å². The predicted molar refractivity (Wildman–Crippen MR) is 113 cm³/mol. The van der Waals surface area contributed by atoms with Crippen LogP contribution >= 0.6 is 24.0 Å². The molecule has 25 heavy (non-hydrogen) atoms. The minimum Gasteiger partial charge on any atom is -0.466 e. The van der Waals surface area contributed by atoms with Gasteiger partial charge < -0.3 is 25.1 Å². The van der Waals surface area contributed by atoms with Crippen molar-refractivity contribution in [1.29, 1.82) is 0 Å². The van der Waals surface area contributed by atoms with E-state index in [1.54, 1.807) is 25.3 Å². The second kappa shape index (κ2) is 11.0. The molecule has 1 aromatic heterocycles. The highest BCUT2D eigenvalue weighted by atomic mass is 127. The summed E-state index contributed by atoms with van der Waals surface area (Å²) in [6.07, 6.45) is 5.03. The maximum absolute atomic E-state index is 10.5. The lowest BCUT2D eigenvalue weighted by atomic mass is 10.0. The number of nitrogens with one attached hydrogen (secondary N) is 2. The number of likely N-dealkylation sites (tertiary alicyclic amines) is 1. The Balaban J connectivity index is 0.00000312. The van der Waals surface area contributed by atoms with E-state index in [1.165, 1.54) is 13.0 Å². The van der Waals surface area contributed by atoms with Crippen molar-refractivity contribution in [3.8, 4) is 0 Å². The quantitative estimate of drug-likeness (QED) is 0.329. The molecule has 0 aliphatic carbocycles. The molecule has 1 unspecified atom stereocenters. The monoisotopic (exact) mass is 464 g/mol. The van der Waals surface area contributed by atoms with Crippen molar-refractivity contribution in [3.05, 3.63) is 24.2 Å². The summed E-state index contributed by atoms with van der Waals surface area (Å²) in [7, 11) is 0. The van der Waals surface area contributed by atoms with Crippen LogP contribution in [0.1, 0.15) is 45.8 Å². The van der Waals surface area contributed by atoms with E-state index < -0.39 is 5.60 Å². The standard InChI is InChI=1S/C18H32N4O2.HI/c1-4-10-22-11-8-15(9-12-22)21-17(19-5-2)20-14-18(3,23)16-7-6-13-24-16;/h6-7,13,15,23H,4-5,8-12,14H2,1-3H3,(H2,19,20,21);1H. The van der Waals surface area contributed by atoms with Gasteiger partial charge in [-0.2, -0.15) is 0 Å². The Morgan fingerprint density at radius 1 is 1.40 bits per heavy atom. The Bertz CT molecular complexity index is 497. The van der Waals surface area contributed by atoms with Gasteiger partial charge in [-0.1, -0.05) is 6.92 Å². The van der Waals surface area contributed by atoms with E-state index in [2.05, 4.69) is 27.4 Å². The second-order valence-corrected chi connectivity index (χ2v) is 6.71. The van der Waals surface area contributed by atoms with E-state index in [9.17, 15) is 5.11 Å². The zero-order valence-corrected chi connectivity index (χ0v) is 18.0. The van der Waals surface area contributed by atoms with Crippen LogP contribution in [-0.4, -0.2) is 54.7 Å². The van der Waals surface area contributed by atoms with Crippen LogP contribution < -0.4 is 10.6 Å². The molecule has 1 atom stereocenters. The van der Waals surface area contributed by atoms with Crippen molar-refractivity contribution in [2.75, 3.05) is 32.7 Å². The van der Waals surface area contributed by atoms with Crippen LogP contribution in [0.5, 0.6) is 0 Å². The first kappa shape index (κ1) is 22.2. The van der Waals surface area contributed by atoms with Gasteiger partial charge in [0.1, 0.15) is 11.4 Å². The Labute approximate surface area is 168 Å².